The highest BCUT2D eigenvalue weighted by Crippen LogP contribution is 2.31. The average Bonchev–Trinajstić information content (AvgIpc) is 2.49. The second-order valence-corrected chi connectivity index (χ2v) is 6.92. The molecule has 0 radical (unpaired) electrons. The Labute approximate surface area is 138 Å². The summed E-state index contributed by atoms with van der Waals surface area (Å²) in [6.45, 7) is 10.5. The minimum Gasteiger partial charge on any atom is -0.495 e. The SMILES string of the molecule is COc1ccc(C(C)(C)C)cc1NC(=O)c1ccc(C)c(C)c1. The van der Waals surface area contributed by atoms with Gasteiger partial charge in [-0.3, -0.25) is 4.79 Å². The van der Waals surface area contributed by atoms with Crippen molar-refractivity contribution in [1.29, 1.82) is 0 Å². The molecule has 0 aliphatic carbocycles. The van der Waals surface area contributed by atoms with Crippen LogP contribution in [0.1, 0.15) is 47.8 Å². The lowest BCUT2D eigenvalue weighted by Crippen LogP contribution is -2.15. The van der Waals surface area contributed by atoms with Crippen LogP contribution in [0, 0.1) is 13.8 Å². The maximum Gasteiger partial charge on any atom is 0.255 e. The van der Waals surface area contributed by atoms with Gasteiger partial charge in [-0.05, 0) is 60.2 Å². The molecule has 0 saturated carbocycles. The van der Waals surface area contributed by atoms with Crippen LogP contribution in [0.15, 0.2) is 36.4 Å². The summed E-state index contributed by atoms with van der Waals surface area (Å²) >= 11 is 0. The molecule has 0 aromatic heterocycles. The van der Waals surface area contributed by atoms with Gasteiger partial charge in [0.1, 0.15) is 5.75 Å². The molecule has 0 heterocycles. The van der Waals surface area contributed by atoms with Crippen molar-refractivity contribution < 1.29 is 9.53 Å². The van der Waals surface area contributed by atoms with E-state index in [0.717, 1.165) is 11.1 Å². The molecule has 0 aliphatic heterocycles. The number of methoxy groups -OCH3 is 1. The Bertz CT molecular complexity index is 727. The number of carbonyl (C=O) groups excluding carboxylic acids is 1. The monoisotopic (exact) mass is 311 g/mol. The van der Waals surface area contributed by atoms with Gasteiger partial charge in [-0.25, -0.2) is 0 Å². The van der Waals surface area contributed by atoms with Gasteiger partial charge in [-0.15, -0.1) is 0 Å². The van der Waals surface area contributed by atoms with Crippen molar-refractivity contribution in [3.8, 4) is 5.75 Å². The lowest BCUT2D eigenvalue weighted by atomic mass is 9.87. The van der Waals surface area contributed by atoms with E-state index >= 15 is 0 Å². The molecule has 1 amide bonds. The van der Waals surface area contributed by atoms with E-state index in [1.165, 1.54) is 5.56 Å². The van der Waals surface area contributed by atoms with Gasteiger partial charge in [0.2, 0.25) is 0 Å². The van der Waals surface area contributed by atoms with Gasteiger partial charge in [0.15, 0.2) is 0 Å². The number of hydrogen-bond donors (Lipinski definition) is 1. The highest BCUT2D eigenvalue weighted by Gasteiger charge is 2.17. The molecule has 1 N–H and O–H groups in total. The quantitative estimate of drug-likeness (QED) is 0.879. The highest BCUT2D eigenvalue weighted by molar-refractivity contribution is 6.05. The van der Waals surface area contributed by atoms with Crippen LogP contribution in [0.25, 0.3) is 0 Å². The lowest BCUT2D eigenvalue weighted by Gasteiger charge is -2.21. The molecule has 0 fully saturated rings. The largest absolute Gasteiger partial charge is 0.495 e. The van der Waals surface area contributed by atoms with Gasteiger partial charge < -0.3 is 10.1 Å². The number of aryl methyl sites for hydroxylation is 2. The molecule has 2 aromatic rings. The first-order valence-corrected chi connectivity index (χ1v) is 7.79. The summed E-state index contributed by atoms with van der Waals surface area (Å²) in [6, 6.07) is 11.6. The Kier molecular flexibility index (Phi) is 4.79. The van der Waals surface area contributed by atoms with Crippen LogP contribution in [-0.2, 0) is 5.41 Å². The predicted molar refractivity (Wildman–Crippen MR) is 95.6 cm³/mol. The van der Waals surface area contributed by atoms with Crippen LogP contribution >= 0.6 is 0 Å². The molecule has 0 unspecified atom stereocenters. The minimum absolute atomic E-state index is 0.00615. The fraction of sp³-hybridized carbons (Fsp3) is 0.350. The molecule has 2 aromatic carbocycles. The zero-order chi connectivity index (χ0) is 17.2. The Morgan fingerprint density at radius 2 is 1.70 bits per heavy atom. The van der Waals surface area contributed by atoms with E-state index in [0.29, 0.717) is 17.0 Å². The van der Waals surface area contributed by atoms with Crippen LogP contribution in [0.2, 0.25) is 0 Å². The first-order chi connectivity index (χ1) is 10.7. The number of benzene rings is 2. The number of amides is 1. The van der Waals surface area contributed by atoms with Gasteiger partial charge in [0.25, 0.3) is 5.91 Å². The fourth-order valence-electron chi connectivity index (χ4n) is 2.35. The van der Waals surface area contributed by atoms with Gasteiger partial charge in [-0.1, -0.05) is 32.9 Å². The Balaban J connectivity index is 2.34. The van der Waals surface area contributed by atoms with Gasteiger partial charge in [0.05, 0.1) is 12.8 Å². The van der Waals surface area contributed by atoms with Crippen molar-refractivity contribution in [2.45, 2.75) is 40.0 Å². The third kappa shape index (κ3) is 3.92. The molecule has 0 aliphatic rings. The maximum atomic E-state index is 12.5. The van der Waals surface area contributed by atoms with Crippen molar-refractivity contribution in [2.24, 2.45) is 0 Å². The number of rotatable bonds is 3. The van der Waals surface area contributed by atoms with Crippen molar-refractivity contribution in [3.63, 3.8) is 0 Å². The average molecular weight is 311 g/mol. The molecule has 122 valence electrons. The number of anilines is 1. The van der Waals surface area contributed by atoms with E-state index in [2.05, 4.69) is 26.1 Å². The molecule has 0 saturated heterocycles. The lowest BCUT2D eigenvalue weighted by molar-refractivity contribution is 0.102. The Morgan fingerprint density at radius 3 is 2.26 bits per heavy atom. The summed E-state index contributed by atoms with van der Waals surface area (Å²) in [5, 5.41) is 2.97. The molecular weight excluding hydrogens is 286 g/mol. The summed E-state index contributed by atoms with van der Waals surface area (Å²) in [4.78, 5) is 12.5. The van der Waals surface area contributed by atoms with E-state index in [-0.39, 0.29) is 11.3 Å². The Hall–Kier alpha value is -2.29. The predicted octanol–water partition coefficient (Wildman–Crippen LogP) is 4.86. The topological polar surface area (TPSA) is 38.3 Å². The number of ether oxygens (including phenoxy) is 1. The second kappa shape index (κ2) is 6.45. The number of hydrogen-bond acceptors (Lipinski definition) is 2. The van der Waals surface area contributed by atoms with E-state index in [1.807, 2.05) is 50.2 Å². The number of carbonyl (C=O) groups is 1. The van der Waals surface area contributed by atoms with Crippen LogP contribution in [0.5, 0.6) is 5.75 Å². The first-order valence-electron chi connectivity index (χ1n) is 7.79. The van der Waals surface area contributed by atoms with Crippen molar-refractivity contribution in [1.82, 2.24) is 0 Å². The molecule has 0 bridgehead atoms. The summed E-state index contributed by atoms with van der Waals surface area (Å²) in [5.74, 6) is 0.535. The van der Waals surface area contributed by atoms with E-state index in [4.69, 9.17) is 4.74 Å². The molecular formula is C20H25NO2. The number of nitrogens with one attached hydrogen (secondary N) is 1. The normalized spacial score (nSPS) is 11.2. The molecule has 0 atom stereocenters. The molecule has 23 heavy (non-hydrogen) atoms. The zero-order valence-electron chi connectivity index (χ0n) is 14.8. The van der Waals surface area contributed by atoms with E-state index in [1.54, 1.807) is 7.11 Å². The smallest absolute Gasteiger partial charge is 0.255 e. The summed E-state index contributed by atoms with van der Waals surface area (Å²) < 4.78 is 5.38. The summed E-state index contributed by atoms with van der Waals surface area (Å²) in [6.07, 6.45) is 0. The van der Waals surface area contributed by atoms with Crippen LogP contribution in [0.3, 0.4) is 0 Å². The fourth-order valence-corrected chi connectivity index (χ4v) is 2.35. The van der Waals surface area contributed by atoms with Crippen molar-refractivity contribution in [2.75, 3.05) is 12.4 Å². The summed E-state index contributed by atoms with van der Waals surface area (Å²) in [7, 11) is 1.61. The minimum atomic E-state index is -0.127. The Morgan fingerprint density at radius 1 is 1.00 bits per heavy atom. The van der Waals surface area contributed by atoms with Crippen LogP contribution < -0.4 is 10.1 Å². The maximum absolute atomic E-state index is 12.5. The van der Waals surface area contributed by atoms with Gasteiger partial charge >= 0.3 is 0 Å². The van der Waals surface area contributed by atoms with E-state index < -0.39 is 0 Å². The third-order valence-corrected chi connectivity index (χ3v) is 4.08. The molecule has 3 heteroatoms. The third-order valence-electron chi connectivity index (χ3n) is 4.08. The molecule has 0 spiro atoms. The highest BCUT2D eigenvalue weighted by atomic mass is 16.5. The zero-order valence-corrected chi connectivity index (χ0v) is 14.8. The van der Waals surface area contributed by atoms with Crippen molar-refractivity contribution in [3.05, 3.63) is 58.7 Å². The van der Waals surface area contributed by atoms with Crippen LogP contribution in [0.4, 0.5) is 5.69 Å². The van der Waals surface area contributed by atoms with Gasteiger partial charge in [0, 0.05) is 5.56 Å². The first kappa shape index (κ1) is 17.1. The van der Waals surface area contributed by atoms with Crippen molar-refractivity contribution >= 4 is 11.6 Å². The summed E-state index contributed by atoms with van der Waals surface area (Å²) in [5.41, 5.74) is 4.78. The molecule has 3 nitrogen and oxygen atoms in total. The second-order valence-electron chi connectivity index (χ2n) is 6.92. The van der Waals surface area contributed by atoms with E-state index in [9.17, 15) is 4.79 Å². The standard InChI is InChI=1S/C20H25NO2/c1-13-7-8-15(11-14(13)2)19(22)21-17-12-16(20(3,4)5)9-10-18(17)23-6/h7-12H,1-6H3,(H,21,22). The molecule has 2 rings (SSSR count). The van der Waals surface area contributed by atoms with Crippen LogP contribution in [-0.4, -0.2) is 13.0 Å². The van der Waals surface area contributed by atoms with Gasteiger partial charge in [-0.2, -0.15) is 0 Å².